The van der Waals surface area contributed by atoms with Crippen molar-refractivity contribution in [1.82, 2.24) is 4.57 Å². The standard InChI is InChI=1S/C61H66BN3/c1-56(2,3)37-23-27-40(28-24-37)63(41-29-25-38(26-30-41)57(4,5)6)42-35-49-52-50(36-42)65-55-46(60(12)31-16-17-32-61(60,65)13)33-39(58(7,8)9)34-48(55)62(52)47-22-18-20-44-51-54(64(49)53(44)47)43-19-14-15-21-45(43)59(51,10)11/h14-15,18-30,33-36H,16-17,31-32H2,1-13H3. The van der Waals surface area contributed by atoms with Gasteiger partial charge in [-0.2, -0.15) is 0 Å². The van der Waals surface area contributed by atoms with Gasteiger partial charge in [-0.25, -0.2) is 0 Å². The summed E-state index contributed by atoms with van der Waals surface area (Å²) in [7, 11) is 0. The molecule has 2 unspecified atom stereocenters. The van der Waals surface area contributed by atoms with Crippen LogP contribution < -0.4 is 26.2 Å². The molecule has 0 bridgehead atoms. The first kappa shape index (κ1) is 41.0. The Labute approximate surface area is 389 Å². The molecule has 65 heavy (non-hydrogen) atoms. The van der Waals surface area contributed by atoms with Gasteiger partial charge >= 0.3 is 0 Å². The zero-order valence-corrected chi connectivity index (χ0v) is 41.2. The molecule has 0 amide bonds. The van der Waals surface area contributed by atoms with Crippen molar-refractivity contribution in [2.45, 2.75) is 148 Å². The minimum absolute atomic E-state index is 0.00375. The lowest BCUT2D eigenvalue weighted by molar-refractivity contribution is 0.195. The predicted octanol–water partition coefficient (Wildman–Crippen LogP) is 14.2. The topological polar surface area (TPSA) is 11.4 Å². The molecular formula is C61H66BN3. The molecule has 2 aliphatic carbocycles. The maximum Gasteiger partial charge on any atom is 0.252 e. The summed E-state index contributed by atoms with van der Waals surface area (Å²) < 4.78 is 2.74. The fourth-order valence-corrected chi connectivity index (χ4v) is 13.5. The summed E-state index contributed by atoms with van der Waals surface area (Å²) in [6.45, 7) is 31.4. The van der Waals surface area contributed by atoms with Crippen molar-refractivity contribution in [3.05, 3.63) is 149 Å². The Morgan fingerprint density at radius 2 is 1.15 bits per heavy atom. The van der Waals surface area contributed by atoms with Crippen LogP contribution in [0, 0.1) is 0 Å². The van der Waals surface area contributed by atoms with E-state index < -0.39 is 0 Å². The van der Waals surface area contributed by atoms with E-state index in [-0.39, 0.29) is 39.3 Å². The van der Waals surface area contributed by atoms with Crippen molar-refractivity contribution in [2.75, 3.05) is 9.80 Å². The van der Waals surface area contributed by atoms with Gasteiger partial charge in [0.15, 0.2) is 0 Å². The molecular weight excluding hydrogens is 786 g/mol. The van der Waals surface area contributed by atoms with E-state index in [9.17, 15) is 0 Å². The molecule has 4 heterocycles. The molecule has 0 saturated heterocycles. The van der Waals surface area contributed by atoms with E-state index >= 15 is 0 Å². The van der Waals surface area contributed by atoms with Crippen molar-refractivity contribution in [1.29, 1.82) is 0 Å². The van der Waals surface area contributed by atoms with Crippen LogP contribution in [0.15, 0.2) is 115 Å². The Bertz CT molecular complexity index is 3100. The zero-order chi connectivity index (χ0) is 45.5. The minimum atomic E-state index is -0.149. The highest BCUT2D eigenvalue weighted by Crippen LogP contribution is 2.63. The maximum absolute atomic E-state index is 2.92. The highest BCUT2D eigenvalue weighted by atomic mass is 15.3. The van der Waals surface area contributed by atoms with Crippen LogP contribution in [0.1, 0.15) is 149 Å². The van der Waals surface area contributed by atoms with Gasteiger partial charge in [0.25, 0.3) is 6.71 Å². The molecule has 0 radical (unpaired) electrons. The molecule has 1 saturated carbocycles. The summed E-state index contributed by atoms with van der Waals surface area (Å²) in [5.74, 6) is 0. The summed E-state index contributed by atoms with van der Waals surface area (Å²) in [6, 6.07) is 45.9. The third-order valence-electron chi connectivity index (χ3n) is 17.4. The van der Waals surface area contributed by atoms with Crippen LogP contribution in [0.25, 0.3) is 27.8 Å². The molecule has 3 nitrogen and oxygen atoms in total. The molecule has 1 fully saturated rings. The van der Waals surface area contributed by atoms with Gasteiger partial charge in [-0.1, -0.05) is 175 Å². The van der Waals surface area contributed by atoms with E-state index in [0.717, 1.165) is 0 Å². The van der Waals surface area contributed by atoms with E-state index in [4.69, 9.17) is 0 Å². The minimum Gasteiger partial charge on any atom is -0.335 e. The second-order valence-corrected chi connectivity index (χ2v) is 24.6. The number of anilines is 5. The van der Waals surface area contributed by atoms with Crippen molar-refractivity contribution in [2.24, 2.45) is 0 Å². The normalized spacial score (nSPS) is 20.9. The predicted molar refractivity (Wildman–Crippen MR) is 279 cm³/mol. The first-order valence-electron chi connectivity index (χ1n) is 24.6. The van der Waals surface area contributed by atoms with Crippen LogP contribution in [-0.4, -0.2) is 16.8 Å². The maximum atomic E-state index is 2.92. The molecule has 2 atom stereocenters. The Kier molecular flexibility index (Phi) is 8.14. The van der Waals surface area contributed by atoms with Crippen molar-refractivity contribution in [3.8, 4) is 16.9 Å². The molecule has 0 spiro atoms. The van der Waals surface area contributed by atoms with Crippen molar-refractivity contribution < 1.29 is 0 Å². The van der Waals surface area contributed by atoms with Gasteiger partial charge in [-0.15, -0.1) is 0 Å². The molecule has 5 aliphatic rings. The van der Waals surface area contributed by atoms with E-state index in [1.807, 2.05) is 0 Å². The number of rotatable bonds is 3. The molecule has 1 aromatic heterocycles. The van der Waals surface area contributed by atoms with Crippen molar-refractivity contribution >= 4 is 62.4 Å². The molecule has 0 N–H and O–H groups in total. The second-order valence-electron chi connectivity index (χ2n) is 24.6. The monoisotopic (exact) mass is 852 g/mol. The van der Waals surface area contributed by atoms with Crippen LogP contribution in [-0.2, 0) is 27.1 Å². The number of hydrogen-bond donors (Lipinski definition) is 0. The largest absolute Gasteiger partial charge is 0.335 e. The summed E-state index contributed by atoms with van der Waals surface area (Å²) >= 11 is 0. The van der Waals surface area contributed by atoms with Gasteiger partial charge in [0.05, 0.1) is 16.9 Å². The first-order valence-corrected chi connectivity index (χ1v) is 24.6. The zero-order valence-electron chi connectivity index (χ0n) is 41.2. The number of nitrogens with zero attached hydrogens (tertiary/aromatic N) is 3. The van der Waals surface area contributed by atoms with Gasteiger partial charge in [-0.3, -0.25) is 0 Å². The number of benzene rings is 6. The first-order chi connectivity index (χ1) is 30.6. The highest BCUT2D eigenvalue weighted by molar-refractivity contribution is 7.00. The summed E-state index contributed by atoms with van der Waals surface area (Å²) in [6.07, 6.45) is 4.88. The Balaban J connectivity index is 1.24. The van der Waals surface area contributed by atoms with Crippen LogP contribution in [0.2, 0.25) is 0 Å². The molecule has 7 aromatic rings. The van der Waals surface area contributed by atoms with Gasteiger partial charge in [0.1, 0.15) is 0 Å². The Morgan fingerprint density at radius 1 is 0.554 bits per heavy atom. The lowest BCUT2D eigenvalue weighted by Crippen LogP contribution is -2.64. The number of aromatic nitrogens is 1. The van der Waals surface area contributed by atoms with Gasteiger partial charge in [0.2, 0.25) is 0 Å². The third-order valence-corrected chi connectivity index (χ3v) is 17.4. The van der Waals surface area contributed by atoms with Gasteiger partial charge in [-0.05, 0) is 122 Å². The fraction of sp³-hybridized carbons (Fsp3) is 0.377. The molecule has 3 aliphatic heterocycles. The number of para-hydroxylation sites is 1. The van der Waals surface area contributed by atoms with E-state index in [1.54, 1.807) is 5.56 Å². The highest BCUT2D eigenvalue weighted by Gasteiger charge is 2.62. The molecule has 6 aromatic carbocycles. The number of hydrogen-bond acceptors (Lipinski definition) is 2. The summed E-state index contributed by atoms with van der Waals surface area (Å²) in [5, 5.41) is 1.39. The van der Waals surface area contributed by atoms with Crippen LogP contribution in [0.3, 0.4) is 0 Å². The smallest absolute Gasteiger partial charge is 0.252 e. The quantitative estimate of drug-likeness (QED) is 0.164. The van der Waals surface area contributed by atoms with Gasteiger partial charge in [0, 0.05) is 55.7 Å². The molecule has 328 valence electrons. The molecule has 12 rings (SSSR count). The summed E-state index contributed by atoms with van der Waals surface area (Å²) in [5.41, 5.74) is 24.7. The summed E-state index contributed by atoms with van der Waals surface area (Å²) in [4.78, 5) is 5.47. The number of fused-ring (bicyclic) bond motifs is 12. The Morgan fingerprint density at radius 3 is 1.78 bits per heavy atom. The average Bonchev–Trinajstić information content (AvgIpc) is 3.81. The van der Waals surface area contributed by atoms with Crippen LogP contribution in [0.5, 0.6) is 0 Å². The molecule has 4 heteroatoms. The van der Waals surface area contributed by atoms with E-state index in [0.29, 0.717) is 0 Å². The van der Waals surface area contributed by atoms with E-state index in [2.05, 4.69) is 220 Å². The van der Waals surface area contributed by atoms with Crippen LogP contribution >= 0.6 is 0 Å². The lowest BCUT2D eigenvalue weighted by atomic mass is 9.33. The van der Waals surface area contributed by atoms with Crippen molar-refractivity contribution in [3.63, 3.8) is 0 Å². The lowest BCUT2D eigenvalue weighted by Gasteiger charge is -2.52. The van der Waals surface area contributed by atoms with Crippen LogP contribution in [0.4, 0.5) is 28.4 Å². The van der Waals surface area contributed by atoms with E-state index in [1.165, 1.54) is 126 Å². The average molecular weight is 852 g/mol. The second kappa shape index (κ2) is 12.9. The van der Waals surface area contributed by atoms with Gasteiger partial charge < -0.3 is 14.4 Å². The third kappa shape index (κ3) is 5.32. The fourth-order valence-electron chi connectivity index (χ4n) is 13.5. The Hall–Kier alpha value is -5.48. The SMILES string of the molecule is CC(C)(C)c1ccc(N(c2ccc(C(C)(C)C)cc2)c2cc3c4c(c2)-n2c5c(c6cccc(c62)B4c2cc(C(C)(C)C)cc4c2N3C2(C)CCCCC42C)C(C)(C)c2ccccc2-5)cc1.